The van der Waals surface area contributed by atoms with Crippen LogP contribution in [0.4, 0.5) is 0 Å². The normalized spacial score (nSPS) is 16.9. The smallest absolute Gasteiger partial charge is 0.275 e. The van der Waals surface area contributed by atoms with Crippen LogP contribution in [0.3, 0.4) is 0 Å². The van der Waals surface area contributed by atoms with Crippen LogP contribution in [-0.2, 0) is 4.79 Å². The van der Waals surface area contributed by atoms with Gasteiger partial charge in [0.15, 0.2) is 5.17 Å². The summed E-state index contributed by atoms with van der Waals surface area (Å²) in [5.74, 6) is -0.192. The molecule has 5 nitrogen and oxygen atoms in total. The van der Waals surface area contributed by atoms with Crippen LogP contribution in [0.5, 0.6) is 0 Å². The molecule has 1 amide bonds. The average molecular weight is 321 g/mol. The van der Waals surface area contributed by atoms with E-state index in [0.29, 0.717) is 21.1 Å². The molecule has 2 aromatic rings. The molecule has 0 radical (unpaired) electrons. The van der Waals surface area contributed by atoms with Crippen molar-refractivity contribution in [2.45, 2.75) is 19.1 Å². The highest BCUT2D eigenvalue weighted by Crippen LogP contribution is 2.24. The lowest BCUT2D eigenvalue weighted by Gasteiger charge is -2.01. The van der Waals surface area contributed by atoms with E-state index in [1.807, 2.05) is 19.9 Å². The number of H-pyrrole nitrogens is 1. The number of nitrogens with one attached hydrogen (secondary N) is 2. The van der Waals surface area contributed by atoms with Crippen LogP contribution in [0.2, 0.25) is 5.02 Å². The molecule has 0 aliphatic carbocycles. The molecule has 0 spiro atoms. The summed E-state index contributed by atoms with van der Waals surface area (Å²) in [6.07, 6.45) is 5.10. The second kappa shape index (κ2) is 5.54. The molecule has 0 saturated carbocycles. The van der Waals surface area contributed by atoms with Gasteiger partial charge in [-0.2, -0.15) is 0 Å². The van der Waals surface area contributed by atoms with Gasteiger partial charge in [-0.05, 0) is 12.1 Å². The Balaban J connectivity index is 1.98. The summed E-state index contributed by atoms with van der Waals surface area (Å²) in [5, 5.41) is 5.17. The van der Waals surface area contributed by atoms with Crippen molar-refractivity contribution in [1.29, 1.82) is 0 Å². The van der Waals surface area contributed by atoms with E-state index in [0.717, 1.165) is 16.6 Å². The number of carbonyl (C=O) groups excluding carboxylic acids is 1. The predicted octanol–water partition coefficient (Wildman–Crippen LogP) is 3.18. The third kappa shape index (κ3) is 2.96. The van der Waals surface area contributed by atoms with E-state index < -0.39 is 0 Å². The number of aromatic nitrogens is 2. The van der Waals surface area contributed by atoms with Crippen LogP contribution in [0.15, 0.2) is 29.1 Å². The van der Waals surface area contributed by atoms with E-state index in [1.165, 1.54) is 11.8 Å². The predicted molar refractivity (Wildman–Crippen MR) is 87.4 cm³/mol. The molecule has 1 aliphatic heterocycles. The highest BCUT2D eigenvalue weighted by atomic mass is 35.5. The van der Waals surface area contributed by atoms with Crippen molar-refractivity contribution >= 4 is 51.5 Å². The van der Waals surface area contributed by atoms with Crippen molar-refractivity contribution in [2.75, 3.05) is 0 Å². The van der Waals surface area contributed by atoms with Crippen molar-refractivity contribution in [3.8, 4) is 0 Å². The van der Waals surface area contributed by atoms with Crippen molar-refractivity contribution in [1.82, 2.24) is 15.3 Å². The lowest BCUT2D eigenvalue weighted by Crippen LogP contribution is -2.22. The van der Waals surface area contributed by atoms with Crippen molar-refractivity contribution in [3.63, 3.8) is 0 Å². The van der Waals surface area contributed by atoms with E-state index >= 15 is 0 Å². The first-order valence-electron chi connectivity index (χ1n) is 6.44. The van der Waals surface area contributed by atoms with Gasteiger partial charge in [0.2, 0.25) is 0 Å². The number of aromatic amines is 1. The van der Waals surface area contributed by atoms with Crippen LogP contribution >= 0.6 is 23.4 Å². The molecule has 108 valence electrons. The number of fused-ring (bicyclic) bond motifs is 1. The molecule has 0 atom stereocenters. The van der Waals surface area contributed by atoms with E-state index in [-0.39, 0.29) is 5.91 Å². The lowest BCUT2D eigenvalue weighted by atomic mass is 10.2. The zero-order valence-electron chi connectivity index (χ0n) is 11.5. The molecule has 0 unspecified atom stereocenters. The molecule has 0 bridgehead atoms. The standard InChI is InChI=1S/C14H13ClN4OS/c1-7(2)21-14-18-11(13(20)19-14)3-8-5-16-12-10(8)4-9(15)6-17-12/h3-7H,1-2H3,(H,16,17)(H,18,19,20). The number of amides is 1. The molecule has 7 heteroatoms. The molecular formula is C14H13ClN4OS. The van der Waals surface area contributed by atoms with Crippen LogP contribution < -0.4 is 5.32 Å². The number of aliphatic imine (C=N–C) groups is 1. The Bertz CT molecular complexity index is 778. The van der Waals surface area contributed by atoms with Crippen LogP contribution in [0.1, 0.15) is 19.4 Å². The number of carbonyl (C=O) groups is 1. The number of rotatable bonds is 2. The number of hydrogen-bond donors (Lipinski definition) is 2. The Hall–Kier alpha value is -1.79. The van der Waals surface area contributed by atoms with Gasteiger partial charge >= 0.3 is 0 Å². The summed E-state index contributed by atoms with van der Waals surface area (Å²) in [6.45, 7) is 4.10. The molecule has 0 aromatic carbocycles. The maximum absolute atomic E-state index is 11.9. The molecule has 3 heterocycles. The molecule has 2 aromatic heterocycles. The highest BCUT2D eigenvalue weighted by molar-refractivity contribution is 8.14. The number of amidine groups is 1. The summed E-state index contributed by atoms with van der Waals surface area (Å²) in [4.78, 5) is 23.5. The van der Waals surface area contributed by atoms with Gasteiger partial charge < -0.3 is 4.98 Å². The van der Waals surface area contributed by atoms with Gasteiger partial charge in [-0.3, -0.25) is 10.1 Å². The second-order valence-electron chi connectivity index (χ2n) is 4.86. The molecule has 2 N–H and O–H groups in total. The Kier molecular flexibility index (Phi) is 3.73. The van der Waals surface area contributed by atoms with E-state index in [1.54, 1.807) is 18.5 Å². The summed E-state index contributed by atoms with van der Waals surface area (Å²) in [6, 6.07) is 1.81. The van der Waals surface area contributed by atoms with Crippen LogP contribution in [0, 0.1) is 0 Å². The molecule has 0 saturated heterocycles. The SMILES string of the molecule is CC(C)SC1=NC(=Cc2c[nH]c3ncc(Cl)cc23)C(=O)N1. The fraction of sp³-hybridized carbons (Fsp3) is 0.214. The monoisotopic (exact) mass is 320 g/mol. The van der Waals surface area contributed by atoms with Gasteiger partial charge in [0.05, 0.1) is 5.02 Å². The average Bonchev–Trinajstić information content (AvgIpc) is 2.94. The Morgan fingerprint density at radius 2 is 2.24 bits per heavy atom. The summed E-state index contributed by atoms with van der Waals surface area (Å²) in [5.41, 5.74) is 1.95. The minimum Gasteiger partial charge on any atom is -0.346 e. The van der Waals surface area contributed by atoms with Gasteiger partial charge in [-0.25, -0.2) is 9.98 Å². The first-order chi connectivity index (χ1) is 10.0. The van der Waals surface area contributed by atoms with Crippen LogP contribution in [-0.4, -0.2) is 26.3 Å². The Labute approximate surface area is 130 Å². The second-order valence-corrected chi connectivity index (χ2v) is 6.86. The fourth-order valence-corrected chi connectivity index (χ4v) is 2.90. The summed E-state index contributed by atoms with van der Waals surface area (Å²) < 4.78 is 0. The van der Waals surface area contributed by atoms with Gasteiger partial charge in [0.25, 0.3) is 5.91 Å². The molecular weight excluding hydrogens is 308 g/mol. The zero-order valence-corrected chi connectivity index (χ0v) is 13.0. The lowest BCUT2D eigenvalue weighted by molar-refractivity contribution is -0.115. The number of halogens is 1. The Morgan fingerprint density at radius 1 is 1.43 bits per heavy atom. The Morgan fingerprint density at radius 3 is 3.00 bits per heavy atom. The van der Waals surface area contributed by atoms with Crippen molar-refractivity contribution < 1.29 is 4.79 Å². The maximum atomic E-state index is 11.9. The largest absolute Gasteiger partial charge is 0.346 e. The minimum atomic E-state index is -0.192. The molecule has 21 heavy (non-hydrogen) atoms. The van der Waals surface area contributed by atoms with E-state index in [9.17, 15) is 4.79 Å². The van der Waals surface area contributed by atoms with Crippen molar-refractivity contribution in [3.05, 3.63) is 34.7 Å². The van der Waals surface area contributed by atoms with Gasteiger partial charge in [-0.1, -0.05) is 37.2 Å². The quantitative estimate of drug-likeness (QED) is 0.835. The van der Waals surface area contributed by atoms with E-state index in [4.69, 9.17) is 11.6 Å². The first kappa shape index (κ1) is 14.2. The number of thioether (sulfide) groups is 1. The topological polar surface area (TPSA) is 70.1 Å². The fourth-order valence-electron chi connectivity index (χ4n) is 1.99. The summed E-state index contributed by atoms with van der Waals surface area (Å²) >= 11 is 7.49. The molecule has 0 fully saturated rings. The number of nitrogens with zero attached hydrogens (tertiary/aromatic N) is 2. The summed E-state index contributed by atoms with van der Waals surface area (Å²) in [7, 11) is 0. The first-order valence-corrected chi connectivity index (χ1v) is 7.69. The third-order valence-electron chi connectivity index (χ3n) is 2.84. The van der Waals surface area contributed by atoms with Crippen LogP contribution in [0.25, 0.3) is 17.1 Å². The van der Waals surface area contributed by atoms with Gasteiger partial charge in [-0.15, -0.1) is 0 Å². The third-order valence-corrected chi connectivity index (χ3v) is 3.94. The minimum absolute atomic E-state index is 0.192. The zero-order chi connectivity index (χ0) is 15.0. The maximum Gasteiger partial charge on any atom is 0.275 e. The van der Waals surface area contributed by atoms with Crippen molar-refractivity contribution in [2.24, 2.45) is 4.99 Å². The van der Waals surface area contributed by atoms with Gasteiger partial charge in [0.1, 0.15) is 11.3 Å². The molecule has 3 rings (SSSR count). The van der Waals surface area contributed by atoms with Gasteiger partial charge in [0, 0.05) is 28.6 Å². The number of hydrogen-bond acceptors (Lipinski definition) is 4. The van der Waals surface area contributed by atoms with E-state index in [2.05, 4.69) is 20.3 Å². The highest BCUT2D eigenvalue weighted by Gasteiger charge is 2.21. The molecule has 1 aliphatic rings. The number of pyridine rings is 1.